The molecule has 2 aromatic rings. The van der Waals surface area contributed by atoms with Gasteiger partial charge in [-0.1, -0.05) is 13.3 Å². The van der Waals surface area contributed by atoms with E-state index < -0.39 is 0 Å². The third kappa shape index (κ3) is 5.21. The molecule has 0 unspecified atom stereocenters. The Bertz CT molecular complexity index is 1290. The van der Waals surface area contributed by atoms with E-state index in [9.17, 15) is 4.79 Å². The molecule has 2 saturated heterocycles. The van der Waals surface area contributed by atoms with Crippen LogP contribution in [-0.4, -0.2) is 76.4 Å². The van der Waals surface area contributed by atoms with E-state index in [1.807, 2.05) is 0 Å². The molecule has 0 saturated carbocycles. The molecule has 0 aromatic heterocycles. The van der Waals surface area contributed by atoms with Gasteiger partial charge < -0.3 is 29.2 Å². The minimum Gasteiger partial charge on any atom is -0.493 e. The minimum absolute atomic E-state index is 0.0162. The monoisotopic (exact) mass is 577 g/mol. The number of nitrogens with zero attached hydrogens (tertiary/aromatic N) is 2. The van der Waals surface area contributed by atoms with Crippen molar-refractivity contribution in [3.63, 3.8) is 0 Å². The molecule has 0 bridgehead atoms. The van der Waals surface area contributed by atoms with Crippen molar-refractivity contribution in [1.29, 1.82) is 0 Å². The lowest BCUT2D eigenvalue weighted by Gasteiger charge is -2.49. The van der Waals surface area contributed by atoms with Gasteiger partial charge in [0.1, 0.15) is 0 Å². The average Bonchev–Trinajstić information content (AvgIpc) is 3.58. The third-order valence-electron chi connectivity index (χ3n) is 10.5. The molecule has 2 aromatic carbocycles. The minimum atomic E-state index is -0.0781. The van der Waals surface area contributed by atoms with Gasteiger partial charge >= 0.3 is 0 Å². The predicted octanol–water partition coefficient (Wildman–Crippen LogP) is 4.93. The quantitative estimate of drug-likeness (QED) is 0.477. The van der Waals surface area contributed by atoms with Crippen LogP contribution in [0.5, 0.6) is 23.0 Å². The Morgan fingerprint density at radius 1 is 0.857 bits per heavy atom. The summed E-state index contributed by atoms with van der Waals surface area (Å²) in [6, 6.07) is 8.95. The van der Waals surface area contributed by atoms with Gasteiger partial charge in [0.25, 0.3) is 0 Å². The van der Waals surface area contributed by atoms with Gasteiger partial charge in [0.15, 0.2) is 23.0 Å². The van der Waals surface area contributed by atoms with Gasteiger partial charge in [0, 0.05) is 25.7 Å². The number of methoxy groups -OCH3 is 4. The van der Waals surface area contributed by atoms with Gasteiger partial charge in [-0.05, 0) is 103 Å². The maximum absolute atomic E-state index is 14.0. The van der Waals surface area contributed by atoms with Crippen molar-refractivity contribution < 1.29 is 23.7 Å². The number of amides is 1. The molecule has 228 valence electrons. The van der Waals surface area contributed by atoms with E-state index in [0.717, 1.165) is 94.1 Å². The number of carbonyl (C=O) groups excluding carboxylic acids is 1. The van der Waals surface area contributed by atoms with Crippen LogP contribution in [0.3, 0.4) is 0 Å². The molecule has 2 fully saturated rings. The molecule has 5 atom stereocenters. The van der Waals surface area contributed by atoms with Gasteiger partial charge in [-0.3, -0.25) is 9.69 Å². The van der Waals surface area contributed by atoms with Crippen LogP contribution in [0.2, 0.25) is 0 Å². The van der Waals surface area contributed by atoms with Crippen LogP contribution >= 0.6 is 0 Å². The molecule has 1 N–H and O–H groups in total. The Morgan fingerprint density at radius 3 is 2.10 bits per heavy atom. The summed E-state index contributed by atoms with van der Waals surface area (Å²) in [4.78, 5) is 18.9. The number of nitrogens with one attached hydrogen (secondary N) is 1. The van der Waals surface area contributed by atoms with Crippen molar-refractivity contribution in [3.05, 3.63) is 46.5 Å². The number of ether oxygens (including phenoxy) is 4. The van der Waals surface area contributed by atoms with Crippen LogP contribution in [0, 0.1) is 11.8 Å². The van der Waals surface area contributed by atoms with Crippen LogP contribution in [0.4, 0.5) is 0 Å². The van der Waals surface area contributed by atoms with Crippen molar-refractivity contribution in [1.82, 2.24) is 15.1 Å². The topological polar surface area (TPSA) is 72.5 Å². The van der Waals surface area contributed by atoms with Gasteiger partial charge in [0.2, 0.25) is 5.91 Å². The third-order valence-corrected chi connectivity index (χ3v) is 10.5. The fourth-order valence-electron chi connectivity index (χ4n) is 8.18. The summed E-state index contributed by atoms with van der Waals surface area (Å²) in [6.45, 7) is 6.14. The van der Waals surface area contributed by atoms with Crippen molar-refractivity contribution in [2.45, 2.75) is 70.0 Å². The molecule has 0 radical (unpaired) electrons. The highest BCUT2D eigenvalue weighted by atomic mass is 16.5. The van der Waals surface area contributed by atoms with Crippen molar-refractivity contribution in [2.75, 3.05) is 54.6 Å². The summed E-state index contributed by atoms with van der Waals surface area (Å²) in [6.07, 6.45) is 7.00. The van der Waals surface area contributed by atoms with Crippen LogP contribution < -0.4 is 24.3 Å². The lowest BCUT2D eigenvalue weighted by atomic mass is 9.72. The first kappa shape index (κ1) is 29.1. The van der Waals surface area contributed by atoms with Gasteiger partial charge in [-0.25, -0.2) is 0 Å². The van der Waals surface area contributed by atoms with Crippen LogP contribution in [0.25, 0.3) is 0 Å². The lowest BCUT2D eigenvalue weighted by molar-refractivity contribution is -0.136. The molecule has 0 aliphatic carbocycles. The van der Waals surface area contributed by atoms with Crippen molar-refractivity contribution in [2.24, 2.45) is 11.8 Å². The Morgan fingerprint density at radius 2 is 1.48 bits per heavy atom. The largest absolute Gasteiger partial charge is 0.493 e. The van der Waals surface area contributed by atoms with Crippen molar-refractivity contribution in [3.8, 4) is 23.0 Å². The Hall–Kier alpha value is -2.97. The maximum atomic E-state index is 14.0. The average molecular weight is 578 g/mol. The van der Waals surface area contributed by atoms with Crippen LogP contribution in [-0.2, 0) is 17.6 Å². The number of hydrogen-bond donors (Lipinski definition) is 1. The summed E-state index contributed by atoms with van der Waals surface area (Å²) in [7, 11) is 6.82. The number of benzene rings is 2. The van der Waals surface area contributed by atoms with Gasteiger partial charge in [0.05, 0.1) is 40.5 Å². The number of piperidine rings is 1. The summed E-state index contributed by atoms with van der Waals surface area (Å²) in [5, 5.41) is 3.47. The van der Waals surface area contributed by atoms with E-state index in [1.54, 1.807) is 28.4 Å². The zero-order valence-corrected chi connectivity index (χ0v) is 25.9. The van der Waals surface area contributed by atoms with E-state index in [-0.39, 0.29) is 18.0 Å². The first-order chi connectivity index (χ1) is 20.5. The van der Waals surface area contributed by atoms with E-state index in [0.29, 0.717) is 17.9 Å². The summed E-state index contributed by atoms with van der Waals surface area (Å²) in [5.41, 5.74) is 5.23. The molecule has 4 heterocycles. The molecule has 8 nitrogen and oxygen atoms in total. The molecule has 4 aliphatic heterocycles. The fraction of sp³-hybridized carbons (Fsp3) is 0.618. The lowest BCUT2D eigenvalue weighted by Crippen LogP contribution is -2.50. The zero-order chi connectivity index (χ0) is 29.4. The molecule has 6 rings (SSSR count). The second-order valence-corrected chi connectivity index (χ2v) is 12.4. The number of fused-ring (bicyclic) bond motifs is 4. The highest BCUT2D eigenvalue weighted by Gasteiger charge is 2.43. The molecular formula is C34H47N3O5. The SMILES string of the molecule is CC[C@@H]1CN2CCc3cc(OC)c(OC)cc3[C@@H]2C[C@@H]1C[C@@H]1c2cc(OC)c(OC)cc2CCN1C(=O)[C@@H]1CCCN1. The summed E-state index contributed by atoms with van der Waals surface area (Å²) < 4.78 is 22.8. The standard InChI is InChI=1S/C34H47N3O5/c1-6-21-20-36-12-9-22-16-30(39-2)32(41-4)18-25(22)28(36)14-24(21)15-29-26-19-33(42-5)31(40-3)17-23(26)10-13-37(29)34(38)27-8-7-11-35-27/h16-19,21,24,27-29,35H,6-15,20H2,1-5H3/t21-,24-,27+,28+,29-/m1/s1. The first-order valence-corrected chi connectivity index (χ1v) is 15.8. The smallest absolute Gasteiger partial charge is 0.240 e. The molecule has 1 amide bonds. The molecule has 4 aliphatic rings. The van der Waals surface area contributed by atoms with Crippen molar-refractivity contribution >= 4 is 5.91 Å². The summed E-state index contributed by atoms with van der Waals surface area (Å²) in [5.74, 6) is 4.41. The Labute approximate surface area is 250 Å². The first-order valence-electron chi connectivity index (χ1n) is 15.8. The van der Waals surface area contributed by atoms with E-state index in [1.165, 1.54) is 22.3 Å². The molecule has 0 spiro atoms. The Balaban J connectivity index is 1.35. The fourth-order valence-corrected chi connectivity index (χ4v) is 8.18. The maximum Gasteiger partial charge on any atom is 0.240 e. The second-order valence-electron chi connectivity index (χ2n) is 12.4. The van der Waals surface area contributed by atoms with E-state index >= 15 is 0 Å². The highest BCUT2D eigenvalue weighted by molar-refractivity contribution is 5.83. The molecule has 42 heavy (non-hydrogen) atoms. The van der Waals surface area contributed by atoms with Gasteiger partial charge in [-0.2, -0.15) is 0 Å². The predicted molar refractivity (Wildman–Crippen MR) is 163 cm³/mol. The van der Waals surface area contributed by atoms with E-state index in [2.05, 4.69) is 46.3 Å². The second kappa shape index (κ2) is 12.3. The number of rotatable bonds is 8. The van der Waals surface area contributed by atoms with E-state index in [4.69, 9.17) is 18.9 Å². The molecular weight excluding hydrogens is 530 g/mol. The highest BCUT2D eigenvalue weighted by Crippen LogP contribution is 2.49. The normalized spacial score (nSPS) is 27.1. The zero-order valence-electron chi connectivity index (χ0n) is 25.9. The summed E-state index contributed by atoms with van der Waals surface area (Å²) >= 11 is 0. The Kier molecular flexibility index (Phi) is 8.55. The number of carbonyl (C=O) groups is 1. The van der Waals surface area contributed by atoms with Crippen LogP contribution in [0.1, 0.15) is 73.4 Å². The number of hydrogen-bond acceptors (Lipinski definition) is 7. The van der Waals surface area contributed by atoms with Crippen LogP contribution in [0.15, 0.2) is 24.3 Å². The molecule has 8 heteroatoms. The van der Waals surface area contributed by atoms with Gasteiger partial charge in [-0.15, -0.1) is 0 Å².